The van der Waals surface area contributed by atoms with E-state index in [0.717, 1.165) is 22.6 Å². The zero-order chi connectivity index (χ0) is 21.5. The van der Waals surface area contributed by atoms with Crippen molar-refractivity contribution in [2.45, 2.75) is 10.3 Å². The summed E-state index contributed by atoms with van der Waals surface area (Å²) >= 11 is 25.6. The van der Waals surface area contributed by atoms with Crippen molar-refractivity contribution in [3.05, 3.63) is 79.6 Å². The summed E-state index contributed by atoms with van der Waals surface area (Å²) in [7, 11) is -3.65. The highest BCUT2D eigenvalue weighted by molar-refractivity contribution is 7.91. The van der Waals surface area contributed by atoms with Crippen molar-refractivity contribution in [2.75, 3.05) is 24.5 Å². The topological polar surface area (TPSA) is 40.6 Å². The van der Waals surface area contributed by atoms with Gasteiger partial charge in [-0.1, -0.05) is 58.5 Å². The van der Waals surface area contributed by atoms with E-state index in [4.69, 9.17) is 46.4 Å². The first kappa shape index (κ1) is 22.2. The second-order valence-electron chi connectivity index (χ2n) is 6.78. The van der Waals surface area contributed by atoms with Crippen molar-refractivity contribution >= 4 is 73.5 Å². The van der Waals surface area contributed by atoms with Gasteiger partial charge in [0.15, 0.2) is 0 Å². The van der Waals surface area contributed by atoms with Gasteiger partial charge in [-0.25, -0.2) is 8.42 Å². The molecular weight excluding hydrogens is 506 g/mol. The Bertz CT molecular complexity index is 1170. The number of benzene rings is 2. The van der Waals surface area contributed by atoms with Gasteiger partial charge in [0.2, 0.25) is 0 Å². The molecule has 0 saturated carbocycles. The fraction of sp³-hybridized carbons (Fsp3) is 0.200. The number of anilines is 1. The molecule has 158 valence electrons. The van der Waals surface area contributed by atoms with E-state index >= 15 is 0 Å². The van der Waals surface area contributed by atoms with Crippen molar-refractivity contribution in [1.29, 1.82) is 0 Å². The van der Waals surface area contributed by atoms with Gasteiger partial charge in [0, 0.05) is 29.7 Å². The molecule has 1 aliphatic rings. The molecular formula is C20H16Cl4N2O2S2. The van der Waals surface area contributed by atoms with Crippen LogP contribution in [0.5, 0.6) is 0 Å². The van der Waals surface area contributed by atoms with Crippen LogP contribution >= 0.6 is 57.7 Å². The molecule has 0 radical (unpaired) electrons. The van der Waals surface area contributed by atoms with Gasteiger partial charge >= 0.3 is 0 Å². The van der Waals surface area contributed by atoms with Crippen LogP contribution in [0.4, 0.5) is 5.69 Å². The number of hydrogen-bond donors (Lipinski definition) is 0. The zero-order valence-electron chi connectivity index (χ0n) is 15.4. The van der Waals surface area contributed by atoms with E-state index in [9.17, 15) is 8.42 Å². The summed E-state index contributed by atoms with van der Waals surface area (Å²) in [6.07, 6.45) is 0. The van der Waals surface area contributed by atoms with Crippen LogP contribution < -0.4 is 4.90 Å². The monoisotopic (exact) mass is 520 g/mol. The van der Waals surface area contributed by atoms with E-state index in [2.05, 4.69) is 4.90 Å². The van der Waals surface area contributed by atoms with Gasteiger partial charge in [-0.05, 0) is 48.0 Å². The third-order valence-electron chi connectivity index (χ3n) is 4.96. The molecule has 10 heteroatoms. The maximum Gasteiger partial charge on any atom is 0.252 e. The molecule has 1 saturated heterocycles. The number of sulfonamides is 1. The standard InChI is InChI=1S/C20H16Cl4N2O2S2/c21-14-3-1-13(2-4-14)18-12-25(30(27,28)20-8-7-19(24)29-20)9-10-26(18)17-6-5-15(22)11-16(17)23/h1-8,11,18H,9-10,12H2. The molecule has 4 nitrogen and oxygen atoms in total. The summed E-state index contributed by atoms with van der Waals surface area (Å²) in [4.78, 5) is 2.11. The van der Waals surface area contributed by atoms with Crippen LogP contribution in [0.3, 0.4) is 0 Å². The molecule has 2 heterocycles. The average molecular weight is 522 g/mol. The highest BCUT2D eigenvalue weighted by Gasteiger charge is 2.36. The van der Waals surface area contributed by atoms with E-state index in [0.29, 0.717) is 32.5 Å². The lowest BCUT2D eigenvalue weighted by Gasteiger charge is -2.42. The molecule has 1 aliphatic heterocycles. The number of thiophene rings is 1. The first-order valence-corrected chi connectivity index (χ1v) is 12.8. The van der Waals surface area contributed by atoms with E-state index in [1.807, 2.05) is 18.2 Å². The first-order valence-electron chi connectivity index (χ1n) is 8.98. The second-order valence-corrected chi connectivity index (χ2v) is 11.9. The molecule has 4 rings (SSSR count). The predicted octanol–water partition coefficient (Wildman–Crippen LogP) is 6.61. The Kier molecular flexibility index (Phi) is 6.56. The van der Waals surface area contributed by atoms with Crippen LogP contribution in [0.2, 0.25) is 19.4 Å². The summed E-state index contributed by atoms with van der Waals surface area (Å²) < 4.78 is 28.5. The minimum Gasteiger partial charge on any atom is -0.361 e. The second kappa shape index (κ2) is 8.87. The third-order valence-corrected chi connectivity index (χ3v) is 9.31. The molecule has 1 unspecified atom stereocenters. The van der Waals surface area contributed by atoms with Crippen molar-refractivity contribution < 1.29 is 8.42 Å². The molecule has 3 aromatic rings. The van der Waals surface area contributed by atoms with Gasteiger partial charge in [-0.2, -0.15) is 4.31 Å². The largest absolute Gasteiger partial charge is 0.361 e. The molecule has 1 fully saturated rings. The quantitative estimate of drug-likeness (QED) is 0.387. The van der Waals surface area contributed by atoms with E-state index in [1.165, 1.54) is 4.31 Å². The summed E-state index contributed by atoms with van der Waals surface area (Å²) in [5.41, 5.74) is 1.74. The average Bonchev–Trinajstić information content (AvgIpc) is 3.16. The van der Waals surface area contributed by atoms with Crippen LogP contribution in [0.1, 0.15) is 11.6 Å². The number of piperazine rings is 1. The zero-order valence-corrected chi connectivity index (χ0v) is 20.1. The lowest BCUT2D eigenvalue weighted by Crippen LogP contribution is -2.50. The van der Waals surface area contributed by atoms with Crippen molar-refractivity contribution in [3.8, 4) is 0 Å². The third kappa shape index (κ3) is 4.46. The Morgan fingerprint density at radius 1 is 0.867 bits per heavy atom. The summed E-state index contributed by atoms with van der Waals surface area (Å²) in [6.45, 7) is 1.05. The van der Waals surface area contributed by atoms with Gasteiger partial charge in [0.25, 0.3) is 10.0 Å². The Balaban J connectivity index is 1.72. The highest BCUT2D eigenvalue weighted by Crippen LogP contribution is 2.38. The number of nitrogens with zero attached hydrogens (tertiary/aromatic N) is 2. The Labute approximate surface area is 199 Å². The Morgan fingerprint density at radius 2 is 1.57 bits per heavy atom. The minimum absolute atomic E-state index is 0.236. The molecule has 1 aromatic heterocycles. The molecule has 0 aliphatic carbocycles. The van der Waals surface area contributed by atoms with Crippen LogP contribution in [0, 0.1) is 0 Å². The minimum atomic E-state index is -3.65. The van der Waals surface area contributed by atoms with E-state index in [1.54, 1.807) is 36.4 Å². The van der Waals surface area contributed by atoms with E-state index < -0.39 is 10.0 Å². The predicted molar refractivity (Wildman–Crippen MR) is 126 cm³/mol. The summed E-state index contributed by atoms with van der Waals surface area (Å²) in [5.74, 6) is 0. The normalized spacial score (nSPS) is 18.0. The van der Waals surface area contributed by atoms with Gasteiger partial charge in [-0.3, -0.25) is 0 Å². The molecule has 0 bridgehead atoms. The van der Waals surface area contributed by atoms with Crippen molar-refractivity contribution in [3.63, 3.8) is 0 Å². The van der Waals surface area contributed by atoms with Crippen molar-refractivity contribution in [2.24, 2.45) is 0 Å². The summed E-state index contributed by atoms with van der Waals surface area (Å²) in [6, 6.07) is 15.6. The van der Waals surface area contributed by atoms with Crippen LogP contribution in [-0.4, -0.2) is 32.4 Å². The van der Waals surface area contributed by atoms with Crippen LogP contribution in [0.25, 0.3) is 0 Å². The maximum absolute atomic E-state index is 13.2. The lowest BCUT2D eigenvalue weighted by atomic mass is 10.0. The number of hydrogen-bond acceptors (Lipinski definition) is 4. The molecule has 0 amide bonds. The molecule has 30 heavy (non-hydrogen) atoms. The van der Waals surface area contributed by atoms with Gasteiger partial charge in [0.1, 0.15) is 4.21 Å². The number of halogens is 4. The molecule has 1 atom stereocenters. The van der Waals surface area contributed by atoms with Gasteiger partial charge < -0.3 is 4.90 Å². The first-order chi connectivity index (χ1) is 14.3. The Hall–Kier alpha value is -0.990. The smallest absolute Gasteiger partial charge is 0.252 e. The Morgan fingerprint density at radius 3 is 2.20 bits per heavy atom. The molecule has 0 N–H and O–H groups in total. The number of rotatable bonds is 4. The van der Waals surface area contributed by atoms with Crippen LogP contribution in [0.15, 0.2) is 58.8 Å². The maximum atomic E-state index is 13.2. The lowest BCUT2D eigenvalue weighted by molar-refractivity contribution is 0.336. The van der Waals surface area contributed by atoms with Gasteiger partial charge in [0.05, 0.1) is 21.1 Å². The molecule has 2 aromatic carbocycles. The van der Waals surface area contributed by atoms with E-state index in [-0.39, 0.29) is 16.8 Å². The van der Waals surface area contributed by atoms with Crippen LogP contribution in [-0.2, 0) is 10.0 Å². The summed E-state index contributed by atoms with van der Waals surface area (Å²) in [5, 5.41) is 1.67. The fourth-order valence-electron chi connectivity index (χ4n) is 3.51. The van der Waals surface area contributed by atoms with Crippen molar-refractivity contribution in [1.82, 2.24) is 4.31 Å². The fourth-order valence-corrected chi connectivity index (χ4v) is 7.23. The highest BCUT2D eigenvalue weighted by atomic mass is 35.5. The molecule has 0 spiro atoms. The SMILES string of the molecule is O=S(=O)(c1ccc(Cl)s1)N1CCN(c2ccc(Cl)cc2Cl)C(c2ccc(Cl)cc2)C1. The van der Waals surface area contributed by atoms with Gasteiger partial charge in [-0.15, -0.1) is 11.3 Å².